The lowest BCUT2D eigenvalue weighted by atomic mass is 10.2. The number of fused-ring (bicyclic) bond motifs is 2. The van der Waals surface area contributed by atoms with Crippen molar-refractivity contribution in [1.82, 2.24) is 4.98 Å². The fraction of sp³-hybridized carbons (Fsp3) is 0. The molecular weight excluding hydrogens is 206 g/mol. The smallest absolute Gasteiger partial charge is 0.102 e. The molecule has 0 amide bonds. The average Bonchev–Trinajstić information content (AvgIpc) is 2.69. The standard InChI is InChI=1S/C11H9N3S/c12-9-8-3-5-15-11(8)14-6-7-2-1-4-13-10(7)9/h1-6,14H,12H2. The molecule has 0 radical (unpaired) electrons. The summed E-state index contributed by atoms with van der Waals surface area (Å²) in [7, 11) is 0. The fourth-order valence-electron chi connectivity index (χ4n) is 1.66. The van der Waals surface area contributed by atoms with Gasteiger partial charge >= 0.3 is 0 Å². The van der Waals surface area contributed by atoms with Gasteiger partial charge in [-0.2, -0.15) is 0 Å². The van der Waals surface area contributed by atoms with Gasteiger partial charge in [-0.1, -0.05) is 0 Å². The molecule has 1 aliphatic heterocycles. The zero-order valence-corrected chi connectivity index (χ0v) is 8.71. The molecule has 0 saturated carbocycles. The maximum atomic E-state index is 6.10. The van der Waals surface area contributed by atoms with Crippen molar-refractivity contribution in [3.05, 3.63) is 45.9 Å². The third-order valence-corrected chi connectivity index (χ3v) is 3.25. The molecule has 3 N–H and O–H groups in total. The Morgan fingerprint density at radius 1 is 1.33 bits per heavy atom. The Kier molecular flexibility index (Phi) is 1.76. The van der Waals surface area contributed by atoms with Crippen molar-refractivity contribution in [3.8, 4) is 0 Å². The van der Waals surface area contributed by atoms with E-state index in [0.717, 1.165) is 26.8 Å². The van der Waals surface area contributed by atoms with Crippen molar-refractivity contribution in [1.29, 1.82) is 0 Å². The molecule has 3 nitrogen and oxygen atoms in total. The first-order valence-electron chi connectivity index (χ1n) is 4.62. The molecule has 15 heavy (non-hydrogen) atoms. The number of hydrogen-bond donors (Lipinski definition) is 2. The Morgan fingerprint density at radius 2 is 2.27 bits per heavy atom. The van der Waals surface area contributed by atoms with Crippen molar-refractivity contribution in [2.75, 3.05) is 5.32 Å². The van der Waals surface area contributed by atoms with E-state index in [0.29, 0.717) is 0 Å². The van der Waals surface area contributed by atoms with Gasteiger partial charge in [-0.25, -0.2) is 0 Å². The molecule has 1 aliphatic rings. The van der Waals surface area contributed by atoms with Crippen molar-refractivity contribution >= 4 is 28.2 Å². The summed E-state index contributed by atoms with van der Waals surface area (Å²) in [5.41, 5.74) is 7.88. The molecule has 4 heteroatoms. The van der Waals surface area contributed by atoms with E-state index in [9.17, 15) is 0 Å². The Bertz CT molecular complexity index is 627. The first-order valence-corrected chi connectivity index (χ1v) is 5.49. The normalized spacial score (nSPS) is 13.2. The van der Waals surface area contributed by atoms with Crippen LogP contribution in [0.25, 0.3) is 11.9 Å². The van der Waals surface area contributed by atoms with Crippen LogP contribution in [0.4, 0.5) is 5.00 Å². The summed E-state index contributed by atoms with van der Waals surface area (Å²) < 4.78 is 0. The zero-order valence-electron chi connectivity index (χ0n) is 7.90. The van der Waals surface area contributed by atoms with E-state index in [1.807, 2.05) is 29.8 Å². The molecule has 0 aromatic carbocycles. The summed E-state index contributed by atoms with van der Waals surface area (Å²) in [5.74, 6) is 0. The number of hydrogen-bond acceptors (Lipinski definition) is 4. The topological polar surface area (TPSA) is 50.9 Å². The minimum absolute atomic E-state index is 0.739. The van der Waals surface area contributed by atoms with E-state index in [1.165, 1.54) is 0 Å². The van der Waals surface area contributed by atoms with Crippen LogP contribution in [0, 0.1) is 0 Å². The largest absolute Gasteiger partial charge is 0.396 e. The Labute approximate surface area is 90.6 Å². The predicted octanol–water partition coefficient (Wildman–Crippen LogP) is 0.422. The highest BCUT2D eigenvalue weighted by molar-refractivity contribution is 7.14. The molecule has 0 spiro atoms. The highest BCUT2D eigenvalue weighted by atomic mass is 32.1. The number of pyridine rings is 1. The molecule has 0 fully saturated rings. The van der Waals surface area contributed by atoms with Crippen LogP contribution in [-0.2, 0) is 0 Å². The molecule has 74 valence electrons. The first-order chi connectivity index (χ1) is 7.36. The third kappa shape index (κ3) is 1.22. The highest BCUT2D eigenvalue weighted by Crippen LogP contribution is 2.26. The van der Waals surface area contributed by atoms with Gasteiger partial charge < -0.3 is 11.1 Å². The van der Waals surface area contributed by atoms with E-state index in [4.69, 9.17) is 5.73 Å². The Hall–Kier alpha value is -1.81. The quantitative estimate of drug-likeness (QED) is 0.669. The van der Waals surface area contributed by atoms with Gasteiger partial charge in [0.05, 0.1) is 11.0 Å². The number of nitrogens with two attached hydrogens (primary N) is 1. The molecule has 3 heterocycles. The van der Waals surface area contributed by atoms with Crippen molar-refractivity contribution in [2.24, 2.45) is 5.73 Å². The number of nitrogens with zero attached hydrogens (tertiary/aromatic N) is 1. The number of thiophene rings is 1. The lowest BCUT2D eigenvalue weighted by Crippen LogP contribution is -2.32. The molecule has 0 atom stereocenters. The minimum atomic E-state index is 0.739. The second kappa shape index (κ2) is 3.10. The maximum Gasteiger partial charge on any atom is 0.102 e. The lowest BCUT2D eigenvalue weighted by molar-refractivity contribution is 1.20. The lowest BCUT2D eigenvalue weighted by Gasteiger charge is -1.99. The molecule has 2 aromatic heterocycles. The summed E-state index contributed by atoms with van der Waals surface area (Å²) in [5, 5.41) is 8.21. The Balaban J connectivity index is 2.47. The molecule has 0 saturated heterocycles. The van der Waals surface area contributed by atoms with E-state index in [1.54, 1.807) is 17.5 Å². The number of aromatic nitrogens is 1. The summed E-state index contributed by atoms with van der Waals surface area (Å²) in [4.78, 5) is 4.31. The zero-order chi connectivity index (χ0) is 10.3. The molecule has 0 unspecified atom stereocenters. The second-order valence-electron chi connectivity index (χ2n) is 3.31. The molecule has 0 bridgehead atoms. The van der Waals surface area contributed by atoms with Crippen LogP contribution in [0.15, 0.2) is 29.8 Å². The summed E-state index contributed by atoms with van der Waals surface area (Å²) in [6, 6.07) is 5.92. The van der Waals surface area contributed by atoms with E-state index in [-0.39, 0.29) is 0 Å². The van der Waals surface area contributed by atoms with E-state index < -0.39 is 0 Å². The minimum Gasteiger partial charge on any atom is -0.396 e. The van der Waals surface area contributed by atoms with Gasteiger partial charge in [-0.3, -0.25) is 4.98 Å². The van der Waals surface area contributed by atoms with Crippen LogP contribution in [0.5, 0.6) is 0 Å². The van der Waals surface area contributed by atoms with Gasteiger partial charge in [0, 0.05) is 23.2 Å². The van der Waals surface area contributed by atoms with Crippen molar-refractivity contribution < 1.29 is 0 Å². The number of rotatable bonds is 0. The molecular formula is C11H9N3S. The van der Waals surface area contributed by atoms with Crippen LogP contribution >= 0.6 is 11.3 Å². The first kappa shape index (κ1) is 8.49. The average molecular weight is 215 g/mol. The van der Waals surface area contributed by atoms with Crippen molar-refractivity contribution in [2.45, 2.75) is 0 Å². The summed E-state index contributed by atoms with van der Waals surface area (Å²) in [6.07, 6.45) is 3.70. The van der Waals surface area contributed by atoms with Gasteiger partial charge in [-0.05, 0) is 23.6 Å². The maximum absolute atomic E-state index is 6.10. The van der Waals surface area contributed by atoms with Crippen LogP contribution < -0.4 is 21.6 Å². The van der Waals surface area contributed by atoms with Gasteiger partial charge in [0.2, 0.25) is 0 Å². The summed E-state index contributed by atoms with van der Waals surface area (Å²) >= 11 is 1.64. The fourth-order valence-corrected chi connectivity index (χ4v) is 2.44. The molecule has 2 aromatic rings. The summed E-state index contributed by atoms with van der Waals surface area (Å²) in [6.45, 7) is 0. The van der Waals surface area contributed by atoms with E-state index in [2.05, 4.69) is 10.3 Å². The van der Waals surface area contributed by atoms with E-state index >= 15 is 0 Å². The number of nitrogens with one attached hydrogen (secondary N) is 1. The SMILES string of the molecule is NC1=c2ncccc2=CNc2sccc21. The third-order valence-electron chi connectivity index (χ3n) is 2.41. The van der Waals surface area contributed by atoms with Crippen molar-refractivity contribution in [3.63, 3.8) is 0 Å². The van der Waals surface area contributed by atoms with Gasteiger partial charge in [-0.15, -0.1) is 11.3 Å². The van der Waals surface area contributed by atoms with Gasteiger partial charge in [0.15, 0.2) is 0 Å². The predicted molar refractivity (Wildman–Crippen MR) is 62.6 cm³/mol. The van der Waals surface area contributed by atoms with Crippen LogP contribution in [0.2, 0.25) is 0 Å². The number of anilines is 1. The van der Waals surface area contributed by atoms with Gasteiger partial charge in [0.1, 0.15) is 5.00 Å². The second-order valence-corrected chi connectivity index (χ2v) is 4.22. The van der Waals surface area contributed by atoms with Crippen LogP contribution in [0.3, 0.4) is 0 Å². The Morgan fingerprint density at radius 3 is 3.20 bits per heavy atom. The van der Waals surface area contributed by atoms with Crippen LogP contribution in [-0.4, -0.2) is 4.98 Å². The molecule has 3 rings (SSSR count). The van der Waals surface area contributed by atoms with Gasteiger partial charge in [0.25, 0.3) is 0 Å². The van der Waals surface area contributed by atoms with Crippen LogP contribution in [0.1, 0.15) is 5.56 Å². The highest BCUT2D eigenvalue weighted by Gasteiger charge is 2.09. The monoisotopic (exact) mass is 215 g/mol. The molecule has 0 aliphatic carbocycles.